The van der Waals surface area contributed by atoms with Gasteiger partial charge in [0.25, 0.3) is 0 Å². The number of anilines is 1. The van der Waals surface area contributed by atoms with Gasteiger partial charge in [-0.1, -0.05) is 66.7 Å². The number of carbonyl (C=O) groups is 1. The summed E-state index contributed by atoms with van der Waals surface area (Å²) in [6.07, 6.45) is 3.41. The molecule has 0 amide bonds. The maximum absolute atomic E-state index is 11.4. The smallest absolute Gasteiger partial charge is 0.303 e. The molecule has 1 heterocycles. The molecule has 0 unspecified atom stereocenters. The lowest BCUT2D eigenvalue weighted by Gasteiger charge is -2.20. The molecule has 0 aliphatic heterocycles. The summed E-state index contributed by atoms with van der Waals surface area (Å²) in [5.41, 5.74) is 15.2. The minimum atomic E-state index is -0.852. The predicted molar refractivity (Wildman–Crippen MR) is 186 cm³/mol. The van der Waals surface area contributed by atoms with Crippen LogP contribution in [0.1, 0.15) is 34.2 Å². The lowest BCUT2D eigenvalue weighted by molar-refractivity contribution is -0.136. The molecule has 48 heavy (non-hydrogen) atoms. The molecule has 0 atom stereocenters. The molecule has 6 aromatic rings. The molecule has 0 fully saturated rings. The molecule has 0 saturated heterocycles. The lowest BCUT2D eigenvalue weighted by Crippen LogP contribution is -2.18. The maximum atomic E-state index is 11.4. The zero-order chi connectivity index (χ0) is 33.0. The first-order chi connectivity index (χ1) is 23.4. The number of rotatable bonds is 12. The number of fused-ring (bicyclic) bond motifs is 2. The van der Waals surface area contributed by atoms with Crippen LogP contribution in [0, 0.1) is 0 Å². The minimum absolute atomic E-state index is 0.0159. The van der Waals surface area contributed by atoms with Gasteiger partial charge in [-0.05, 0) is 76.2 Å². The van der Waals surface area contributed by atoms with Crippen LogP contribution in [0.3, 0.4) is 0 Å². The molecule has 5 aromatic carbocycles. The number of benzene rings is 5. The van der Waals surface area contributed by atoms with E-state index in [0.29, 0.717) is 55.4 Å². The first-order valence-corrected chi connectivity index (χ1v) is 16.1. The van der Waals surface area contributed by atoms with Crippen molar-refractivity contribution < 1.29 is 24.1 Å². The highest BCUT2D eigenvalue weighted by Crippen LogP contribution is 2.42. The van der Waals surface area contributed by atoms with Crippen molar-refractivity contribution in [2.75, 3.05) is 5.73 Å². The molecule has 1 aliphatic carbocycles. The molecule has 0 bridgehead atoms. The van der Waals surface area contributed by atoms with Crippen LogP contribution in [0.2, 0.25) is 0 Å². The maximum Gasteiger partial charge on any atom is 0.303 e. The van der Waals surface area contributed by atoms with Crippen LogP contribution in [-0.2, 0) is 44.3 Å². The number of hydrogen-bond acceptors (Lipinski definition) is 6. The summed E-state index contributed by atoms with van der Waals surface area (Å²) < 4.78 is 21.3. The third kappa shape index (κ3) is 6.83. The summed E-state index contributed by atoms with van der Waals surface area (Å²) in [5.74, 6) is 1.13. The van der Waals surface area contributed by atoms with Crippen LogP contribution < -0.4 is 19.9 Å². The second-order valence-corrected chi connectivity index (χ2v) is 12.3. The molecule has 0 saturated carbocycles. The normalized spacial score (nSPS) is 12.6. The van der Waals surface area contributed by atoms with Gasteiger partial charge in [-0.3, -0.25) is 9.48 Å². The highest BCUT2D eigenvalue weighted by atomic mass is 16.5. The van der Waals surface area contributed by atoms with Gasteiger partial charge in [0.2, 0.25) is 0 Å². The summed E-state index contributed by atoms with van der Waals surface area (Å²) in [7, 11) is 1.91. The van der Waals surface area contributed by atoms with E-state index in [1.54, 1.807) is 0 Å². The topological polar surface area (TPSA) is 109 Å². The summed E-state index contributed by atoms with van der Waals surface area (Å²) in [5, 5.41) is 14.7. The van der Waals surface area contributed by atoms with E-state index in [2.05, 4.69) is 23.3 Å². The van der Waals surface area contributed by atoms with Crippen LogP contribution in [0.4, 0.5) is 5.69 Å². The first-order valence-electron chi connectivity index (χ1n) is 16.1. The molecule has 8 nitrogen and oxygen atoms in total. The third-order valence-electron chi connectivity index (χ3n) is 8.78. The summed E-state index contributed by atoms with van der Waals surface area (Å²) in [6.45, 7) is 0.854. The number of aliphatic carboxylic acids is 1. The van der Waals surface area contributed by atoms with Gasteiger partial charge in [0, 0.05) is 37.3 Å². The Balaban J connectivity index is 1.18. The zero-order valence-corrected chi connectivity index (χ0v) is 26.8. The van der Waals surface area contributed by atoms with E-state index in [1.165, 1.54) is 0 Å². The zero-order valence-electron chi connectivity index (χ0n) is 26.8. The second-order valence-electron chi connectivity index (χ2n) is 12.3. The van der Waals surface area contributed by atoms with E-state index in [9.17, 15) is 9.90 Å². The van der Waals surface area contributed by atoms with Gasteiger partial charge in [-0.25, -0.2) is 0 Å². The Morgan fingerprint density at radius 1 is 0.833 bits per heavy atom. The number of nitrogens with two attached hydrogens (primary N) is 1. The number of nitrogen functional groups attached to an aromatic ring is 1. The Kier molecular flexibility index (Phi) is 8.71. The molecule has 1 aromatic heterocycles. The van der Waals surface area contributed by atoms with Crippen LogP contribution >= 0.6 is 0 Å². The summed E-state index contributed by atoms with van der Waals surface area (Å²) >= 11 is 0. The second kappa shape index (κ2) is 13.5. The Bertz CT molecular complexity index is 2000. The number of hydrogen-bond donors (Lipinski definition) is 2. The molecule has 8 heteroatoms. The number of aromatic nitrogens is 2. The van der Waals surface area contributed by atoms with Crippen LogP contribution in [0.25, 0.3) is 22.0 Å². The highest BCUT2D eigenvalue weighted by molar-refractivity contribution is 5.87. The van der Waals surface area contributed by atoms with Gasteiger partial charge in [0.15, 0.2) is 11.5 Å². The fraction of sp³-hybridized carbons (Fsp3) is 0.200. The van der Waals surface area contributed by atoms with Gasteiger partial charge in [0.1, 0.15) is 25.1 Å². The van der Waals surface area contributed by atoms with Crippen molar-refractivity contribution in [3.05, 3.63) is 137 Å². The van der Waals surface area contributed by atoms with Crippen LogP contribution in [0.5, 0.6) is 17.2 Å². The van der Waals surface area contributed by atoms with Gasteiger partial charge in [-0.2, -0.15) is 5.10 Å². The van der Waals surface area contributed by atoms with Crippen molar-refractivity contribution in [3.63, 3.8) is 0 Å². The first kappa shape index (κ1) is 30.9. The fourth-order valence-corrected chi connectivity index (χ4v) is 6.32. The molecule has 0 radical (unpaired) electrons. The van der Waals surface area contributed by atoms with E-state index in [-0.39, 0.29) is 12.5 Å². The minimum Gasteiger partial charge on any atom is -0.487 e. The number of aryl methyl sites for hydroxylation is 2. The molecular formula is C40H37N3O5. The Hall–Kier alpha value is -5.76. The van der Waals surface area contributed by atoms with Crippen molar-refractivity contribution in [1.82, 2.24) is 9.78 Å². The SMILES string of the molecule is Cn1ncc2cc(-c3cc(CCC(=O)O)cc(N)c3OC3Cc4cc(OCc5ccccc5)c(OCc5ccccc5)cc4C3)ccc21. The standard InChI is InChI=1S/C40H37N3O5/c1-43-36-14-13-29(18-32(36)23-42-43)34-16-28(12-15-39(44)45)17-35(41)40(34)48-33-19-30-21-37(46-24-26-8-4-2-5-9-26)38(22-31(30)20-33)47-25-27-10-6-3-7-11-27/h2-11,13-14,16-18,21-23,33H,12,15,19-20,24-25,41H2,1H3,(H,44,45). The average Bonchev–Trinajstić information content (AvgIpc) is 3.68. The molecular weight excluding hydrogens is 602 g/mol. The number of nitrogens with zero attached hydrogens (tertiary/aromatic N) is 2. The van der Waals surface area contributed by atoms with Crippen LogP contribution in [-0.4, -0.2) is 27.0 Å². The number of ether oxygens (including phenoxy) is 3. The van der Waals surface area contributed by atoms with Crippen molar-refractivity contribution in [2.45, 2.75) is 45.0 Å². The highest BCUT2D eigenvalue weighted by Gasteiger charge is 2.28. The average molecular weight is 640 g/mol. The molecule has 242 valence electrons. The summed E-state index contributed by atoms with van der Waals surface area (Å²) in [6, 6.07) is 34.3. The van der Waals surface area contributed by atoms with Gasteiger partial charge >= 0.3 is 5.97 Å². The van der Waals surface area contributed by atoms with Crippen molar-refractivity contribution in [1.29, 1.82) is 0 Å². The van der Waals surface area contributed by atoms with Crippen LogP contribution in [0.15, 0.2) is 109 Å². The number of carboxylic acids is 1. The van der Waals surface area contributed by atoms with Gasteiger partial charge in [0.05, 0.1) is 17.4 Å². The predicted octanol–water partition coefficient (Wildman–Crippen LogP) is 7.54. The van der Waals surface area contributed by atoms with Crippen molar-refractivity contribution in [2.24, 2.45) is 7.05 Å². The molecule has 1 aliphatic rings. The molecule has 0 spiro atoms. The Morgan fingerprint density at radius 2 is 1.46 bits per heavy atom. The fourth-order valence-electron chi connectivity index (χ4n) is 6.32. The van der Waals surface area contributed by atoms with E-state index < -0.39 is 5.97 Å². The monoisotopic (exact) mass is 639 g/mol. The largest absolute Gasteiger partial charge is 0.487 e. The Morgan fingerprint density at radius 3 is 2.06 bits per heavy atom. The van der Waals surface area contributed by atoms with Crippen molar-refractivity contribution >= 4 is 22.6 Å². The molecule has 3 N–H and O–H groups in total. The van der Waals surface area contributed by atoms with Gasteiger partial charge in [-0.15, -0.1) is 0 Å². The van der Waals surface area contributed by atoms with Crippen molar-refractivity contribution in [3.8, 4) is 28.4 Å². The van der Waals surface area contributed by atoms with E-state index in [0.717, 1.165) is 49.8 Å². The number of carboxylic acid groups (broad SMARTS) is 1. The Labute approximate surface area is 279 Å². The van der Waals surface area contributed by atoms with E-state index >= 15 is 0 Å². The quantitative estimate of drug-likeness (QED) is 0.133. The summed E-state index contributed by atoms with van der Waals surface area (Å²) in [4.78, 5) is 11.4. The third-order valence-corrected chi connectivity index (χ3v) is 8.78. The lowest BCUT2D eigenvalue weighted by atomic mass is 9.97. The van der Waals surface area contributed by atoms with E-state index in [1.807, 2.05) is 103 Å². The van der Waals surface area contributed by atoms with Gasteiger partial charge < -0.3 is 25.1 Å². The molecule has 7 rings (SSSR count). The van der Waals surface area contributed by atoms with E-state index in [4.69, 9.17) is 19.9 Å².